The molecule has 2 aromatic carbocycles. The van der Waals surface area contributed by atoms with Crippen LogP contribution in [0.25, 0.3) is 10.2 Å². The first kappa shape index (κ1) is 14.3. The molecule has 0 spiro atoms. The molecule has 1 heterocycles. The third-order valence-corrected chi connectivity index (χ3v) is 4.05. The van der Waals surface area contributed by atoms with Crippen LogP contribution in [0.3, 0.4) is 0 Å². The molecule has 0 unspecified atom stereocenters. The number of aromatic nitrogens is 1. The van der Waals surface area contributed by atoms with E-state index in [0.29, 0.717) is 17.4 Å². The smallest absolute Gasteiger partial charge is 0.321 e. The van der Waals surface area contributed by atoms with Crippen LogP contribution >= 0.6 is 11.3 Å². The lowest BCUT2D eigenvalue weighted by Crippen LogP contribution is -2.28. The van der Waals surface area contributed by atoms with E-state index in [2.05, 4.69) is 15.6 Å². The van der Waals surface area contributed by atoms with Gasteiger partial charge in [0.05, 0.1) is 11.8 Å². The number of para-hydroxylation sites is 1. The molecule has 0 aliphatic rings. The fourth-order valence-corrected chi connectivity index (χ4v) is 2.94. The van der Waals surface area contributed by atoms with Crippen LogP contribution in [0, 0.1) is 0 Å². The fourth-order valence-electron chi connectivity index (χ4n) is 2.06. The van der Waals surface area contributed by atoms with E-state index < -0.39 is 0 Å². The van der Waals surface area contributed by atoms with Gasteiger partial charge in [0.1, 0.15) is 11.3 Å². The number of methoxy groups -OCH3 is 1. The van der Waals surface area contributed by atoms with Gasteiger partial charge < -0.3 is 10.1 Å². The van der Waals surface area contributed by atoms with Crippen LogP contribution in [0.15, 0.2) is 48.5 Å². The number of hydrogen-bond acceptors (Lipinski definition) is 4. The molecule has 0 bridgehead atoms. The van der Waals surface area contributed by atoms with Gasteiger partial charge in [0.15, 0.2) is 5.13 Å². The van der Waals surface area contributed by atoms with Crippen molar-refractivity contribution >= 4 is 32.7 Å². The SMILES string of the molecule is COc1cccc2sc(NC(=O)NCc3ccccc3)nc12. The zero-order chi connectivity index (χ0) is 15.4. The van der Waals surface area contributed by atoms with Gasteiger partial charge in [-0.2, -0.15) is 0 Å². The summed E-state index contributed by atoms with van der Waals surface area (Å²) in [5.41, 5.74) is 1.80. The Morgan fingerprint density at radius 1 is 1.18 bits per heavy atom. The van der Waals surface area contributed by atoms with Gasteiger partial charge in [-0.25, -0.2) is 9.78 Å². The van der Waals surface area contributed by atoms with Crippen molar-refractivity contribution in [1.29, 1.82) is 0 Å². The quantitative estimate of drug-likeness (QED) is 0.773. The fraction of sp³-hybridized carbons (Fsp3) is 0.125. The molecule has 0 saturated carbocycles. The maximum atomic E-state index is 11.9. The van der Waals surface area contributed by atoms with Crippen LogP contribution in [0.5, 0.6) is 5.75 Å². The molecule has 2 amide bonds. The molecule has 0 radical (unpaired) electrons. The van der Waals surface area contributed by atoms with Gasteiger partial charge in [-0.1, -0.05) is 47.7 Å². The van der Waals surface area contributed by atoms with Gasteiger partial charge in [0.25, 0.3) is 0 Å². The summed E-state index contributed by atoms with van der Waals surface area (Å²) in [6, 6.07) is 15.2. The Hall–Kier alpha value is -2.60. The largest absolute Gasteiger partial charge is 0.494 e. The summed E-state index contributed by atoms with van der Waals surface area (Å²) in [6.07, 6.45) is 0. The molecule has 0 atom stereocenters. The maximum Gasteiger partial charge on any atom is 0.321 e. The number of amides is 2. The number of fused-ring (bicyclic) bond motifs is 1. The van der Waals surface area contributed by atoms with Crippen LogP contribution in [0.1, 0.15) is 5.56 Å². The Balaban J connectivity index is 1.66. The lowest BCUT2D eigenvalue weighted by molar-refractivity contribution is 0.251. The molecular formula is C16H15N3O2S. The van der Waals surface area contributed by atoms with Gasteiger partial charge in [0, 0.05) is 6.54 Å². The third-order valence-electron chi connectivity index (χ3n) is 3.12. The number of carbonyl (C=O) groups is 1. The molecule has 0 aliphatic carbocycles. The highest BCUT2D eigenvalue weighted by atomic mass is 32.1. The van der Waals surface area contributed by atoms with E-state index >= 15 is 0 Å². The van der Waals surface area contributed by atoms with Crippen LogP contribution in [-0.2, 0) is 6.54 Å². The summed E-state index contributed by atoms with van der Waals surface area (Å²) in [7, 11) is 1.60. The molecule has 0 fully saturated rings. The Labute approximate surface area is 131 Å². The van der Waals surface area contributed by atoms with Gasteiger partial charge in [-0.05, 0) is 17.7 Å². The second-order valence-electron chi connectivity index (χ2n) is 4.62. The molecule has 3 aromatic rings. The normalized spacial score (nSPS) is 10.4. The molecular weight excluding hydrogens is 298 g/mol. The number of thiazole rings is 1. The number of carbonyl (C=O) groups excluding carboxylic acids is 1. The van der Waals surface area contributed by atoms with Crippen LogP contribution in [0.4, 0.5) is 9.93 Å². The predicted molar refractivity (Wildman–Crippen MR) is 88.5 cm³/mol. The van der Waals surface area contributed by atoms with E-state index in [1.807, 2.05) is 48.5 Å². The van der Waals surface area contributed by atoms with Crippen molar-refractivity contribution in [3.8, 4) is 5.75 Å². The third kappa shape index (κ3) is 3.17. The first-order valence-electron chi connectivity index (χ1n) is 6.78. The van der Waals surface area contributed by atoms with Crippen LogP contribution in [-0.4, -0.2) is 18.1 Å². The summed E-state index contributed by atoms with van der Waals surface area (Å²) >= 11 is 1.41. The molecule has 5 nitrogen and oxygen atoms in total. The summed E-state index contributed by atoms with van der Waals surface area (Å²) in [6.45, 7) is 0.473. The van der Waals surface area contributed by atoms with Gasteiger partial charge in [-0.3, -0.25) is 5.32 Å². The Bertz CT molecular complexity index is 786. The second kappa shape index (κ2) is 6.44. The van der Waals surface area contributed by atoms with Crippen molar-refractivity contribution in [2.24, 2.45) is 0 Å². The number of rotatable bonds is 4. The minimum Gasteiger partial charge on any atom is -0.494 e. The number of nitrogens with zero attached hydrogens (tertiary/aromatic N) is 1. The molecule has 6 heteroatoms. The lowest BCUT2D eigenvalue weighted by atomic mass is 10.2. The van der Waals surface area contributed by atoms with Gasteiger partial charge in [-0.15, -0.1) is 0 Å². The van der Waals surface area contributed by atoms with Crippen molar-refractivity contribution in [3.05, 3.63) is 54.1 Å². The monoisotopic (exact) mass is 313 g/mol. The predicted octanol–water partition coefficient (Wildman–Crippen LogP) is 3.63. The zero-order valence-electron chi connectivity index (χ0n) is 12.0. The molecule has 112 valence electrons. The average molecular weight is 313 g/mol. The molecule has 1 aromatic heterocycles. The highest BCUT2D eigenvalue weighted by Gasteiger charge is 2.10. The number of nitrogens with one attached hydrogen (secondary N) is 2. The Morgan fingerprint density at radius 3 is 2.77 bits per heavy atom. The highest BCUT2D eigenvalue weighted by Crippen LogP contribution is 2.31. The zero-order valence-corrected chi connectivity index (χ0v) is 12.8. The Kier molecular flexibility index (Phi) is 4.20. The first-order chi connectivity index (χ1) is 10.8. The summed E-state index contributed by atoms with van der Waals surface area (Å²) < 4.78 is 6.24. The summed E-state index contributed by atoms with van der Waals surface area (Å²) in [4.78, 5) is 16.3. The lowest BCUT2D eigenvalue weighted by Gasteiger charge is -2.05. The average Bonchev–Trinajstić information content (AvgIpc) is 2.96. The minimum absolute atomic E-state index is 0.276. The van der Waals surface area contributed by atoms with Crippen molar-refractivity contribution in [1.82, 2.24) is 10.3 Å². The number of benzene rings is 2. The van der Waals surface area contributed by atoms with E-state index in [-0.39, 0.29) is 6.03 Å². The van der Waals surface area contributed by atoms with E-state index in [1.165, 1.54) is 11.3 Å². The molecule has 22 heavy (non-hydrogen) atoms. The van der Waals surface area contributed by atoms with Crippen molar-refractivity contribution in [2.75, 3.05) is 12.4 Å². The van der Waals surface area contributed by atoms with Crippen molar-refractivity contribution in [2.45, 2.75) is 6.54 Å². The number of urea groups is 1. The Morgan fingerprint density at radius 2 is 2.00 bits per heavy atom. The maximum absolute atomic E-state index is 11.9. The summed E-state index contributed by atoms with van der Waals surface area (Å²) in [5, 5.41) is 6.11. The van der Waals surface area contributed by atoms with Crippen molar-refractivity contribution < 1.29 is 9.53 Å². The number of anilines is 1. The van der Waals surface area contributed by atoms with Gasteiger partial charge >= 0.3 is 6.03 Å². The second-order valence-corrected chi connectivity index (χ2v) is 5.65. The van der Waals surface area contributed by atoms with Crippen LogP contribution < -0.4 is 15.4 Å². The highest BCUT2D eigenvalue weighted by molar-refractivity contribution is 7.22. The van der Waals surface area contributed by atoms with E-state index in [0.717, 1.165) is 15.8 Å². The van der Waals surface area contributed by atoms with E-state index in [4.69, 9.17) is 4.74 Å². The molecule has 3 rings (SSSR count). The summed E-state index contributed by atoms with van der Waals surface area (Å²) in [5.74, 6) is 0.700. The van der Waals surface area contributed by atoms with E-state index in [9.17, 15) is 4.79 Å². The van der Waals surface area contributed by atoms with Crippen molar-refractivity contribution in [3.63, 3.8) is 0 Å². The van der Waals surface area contributed by atoms with Crippen LogP contribution in [0.2, 0.25) is 0 Å². The molecule has 2 N–H and O–H groups in total. The number of hydrogen-bond donors (Lipinski definition) is 2. The number of ether oxygens (including phenoxy) is 1. The molecule has 0 aliphatic heterocycles. The van der Waals surface area contributed by atoms with Gasteiger partial charge in [0.2, 0.25) is 0 Å². The topological polar surface area (TPSA) is 63.2 Å². The standard InChI is InChI=1S/C16H15N3O2S/c1-21-12-8-5-9-13-14(12)18-16(22-13)19-15(20)17-10-11-6-3-2-4-7-11/h2-9H,10H2,1H3,(H2,17,18,19,20). The first-order valence-corrected chi connectivity index (χ1v) is 7.60. The van der Waals surface area contributed by atoms with E-state index in [1.54, 1.807) is 7.11 Å². The minimum atomic E-state index is -0.276. The molecule has 0 saturated heterocycles.